The average molecular weight is 379 g/mol. The number of aldehydes is 1. The second-order valence-corrected chi connectivity index (χ2v) is 19.1. The van der Waals surface area contributed by atoms with Gasteiger partial charge in [-0.3, -0.25) is 9.59 Å². The van der Waals surface area contributed by atoms with Crippen LogP contribution in [0.3, 0.4) is 0 Å². The molecule has 140 valence electrons. The Labute approximate surface area is 155 Å². The molecule has 0 N–H and O–H groups in total. The van der Waals surface area contributed by atoms with E-state index in [9.17, 15) is 9.59 Å². The Balaban J connectivity index is 3.03. The molecular weight excluding hydrogens is 344 g/mol. The molecule has 0 aromatic heterocycles. The second-order valence-electron chi connectivity index (χ2n) is 9.55. The number of carbonyl (C=O) groups excluding carboxylic acids is 2. The van der Waals surface area contributed by atoms with Gasteiger partial charge in [0.15, 0.2) is 8.32 Å². The second kappa shape index (κ2) is 8.15. The molecule has 0 bridgehead atoms. The number of allylic oxidation sites excluding steroid dienone is 1. The summed E-state index contributed by atoms with van der Waals surface area (Å²) < 4.78 is 6.53. The molecule has 5 heteroatoms. The van der Waals surface area contributed by atoms with Crippen molar-refractivity contribution in [2.45, 2.75) is 77.5 Å². The van der Waals surface area contributed by atoms with E-state index < -0.39 is 16.4 Å². The molecule has 1 aliphatic rings. The first kappa shape index (κ1) is 22.1. The van der Waals surface area contributed by atoms with Gasteiger partial charge in [0.05, 0.1) is 6.10 Å². The summed E-state index contributed by atoms with van der Waals surface area (Å²) in [5.41, 5.74) is 3.34. The van der Waals surface area contributed by atoms with Gasteiger partial charge >= 0.3 is 0 Å². The van der Waals surface area contributed by atoms with Crippen LogP contribution in [0.2, 0.25) is 37.8 Å². The highest BCUT2D eigenvalue weighted by Crippen LogP contribution is 2.42. The van der Waals surface area contributed by atoms with Crippen LogP contribution in [-0.2, 0) is 14.0 Å². The van der Waals surface area contributed by atoms with Crippen LogP contribution in [0.4, 0.5) is 0 Å². The predicted octanol–water partition coefficient (Wildman–Crippen LogP) is 4.61. The molecular formula is C20H34O3Si2. The van der Waals surface area contributed by atoms with Crippen molar-refractivity contribution < 1.29 is 14.0 Å². The van der Waals surface area contributed by atoms with E-state index in [2.05, 4.69) is 65.0 Å². The minimum absolute atomic E-state index is 0.0530. The van der Waals surface area contributed by atoms with E-state index in [1.165, 1.54) is 6.08 Å². The topological polar surface area (TPSA) is 43.4 Å². The van der Waals surface area contributed by atoms with Gasteiger partial charge in [-0.2, -0.15) is 0 Å². The first-order valence-electron chi connectivity index (χ1n) is 9.11. The van der Waals surface area contributed by atoms with E-state index in [1.807, 2.05) is 6.08 Å². The van der Waals surface area contributed by atoms with E-state index in [1.54, 1.807) is 0 Å². The lowest BCUT2D eigenvalue weighted by atomic mass is 9.91. The van der Waals surface area contributed by atoms with Gasteiger partial charge in [-0.15, -0.1) is 11.5 Å². The van der Waals surface area contributed by atoms with Gasteiger partial charge < -0.3 is 4.43 Å². The summed E-state index contributed by atoms with van der Waals surface area (Å²) in [6, 6.07) is 0. The van der Waals surface area contributed by atoms with E-state index >= 15 is 0 Å². The van der Waals surface area contributed by atoms with Crippen LogP contribution >= 0.6 is 0 Å². The number of ketones is 1. The number of hydrogen-bond acceptors (Lipinski definition) is 3. The standard InChI is InChI=1S/C20H34O3Si2/c1-20(2,3)25(7,8)23-19-15-18(22)16(17(19)11-9-13-21)12-10-14-24(4,5)6/h9,11,13,16-17,19H,12,15H2,1-8H3/b11-9+/t16-,17-,19-/m1/s1. The van der Waals surface area contributed by atoms with Crippen LogP contribution < -0.4 is 0 Å². The normalized spacial score (nSPS) is 25.1. The van der Waals surface area contributed by atoms with Crippen molar-refractivity contribution in [3.8, 4) is 11.5 Å². The maximum atomic E-state index is 12.6. The molecule has 3 atom stereocenters. The molecule has 0 spiro atoms. The minimum atomic E-state index is -1.97. The monoisotopic (exact) mass is 378 g/mol. The molecule has 1 aliphatic carbocycles. The smallest absolute Gasteiger partial charge is 0.192 e. The lowest BCUT2D eigenvalue weighted by Gasteiger charge is -2.39. The van der Waals surface area contributed by atoms with Crippen molar-refractivity contribution in [3.05, 3.63) is 12.2 Å². The number of hydrogen-bond donors (Lipinski definition) is 0. The average Bonchev–Trinajstić information content (AvgIpc) is 2.69. The molecule has 1 rings (SSSR count). The first-order valence-corrected chi connectivity index (χ1v) is 15.5. The summed E-state index contributed by atoms with van der Waals surface area (Å²) >= 11 is 0. The van der Waals surface area contributed by atoms with Crippen LogP contribution in [-0.4, -0.2) is 34.6 Å². The third-order valence-electron chi connectivity index (χ3n) is 5.16. The van der Waals surface area contributed by atoms with E-state index in [4.69, 9.17) is 4.43 Å². The van der Waals surface area contributed by atoms with Crippen molar-refractivity contribution in [1.82, 2.24) is 0 Å². The van der Waals surface area contributed by atoms with Crippen LogP contribution in [0.15, 0.2) is 12.2 Å². The molecule has 0 aliphatic heterocycles. The van der Waals surface area contributed by atoms with Gasteiger partial charge in [0.25, 0.3) is 0 Å². The lowest BCUT2D eigenvalue weighted by Crippen LogP contribution is -2.45. The van der Waals surface area contributed by atoms with Crippen molar-refractivity contribution in [3.63, 3.8) is 0 Å². The Hall–Kier alpha value is -0.966. The van der Waals surface area contributed by atoms with Crippen LogP contribution in [0, 0.1) is 23.3 Å². The fourth-order valence-corrected chi connectivity index (χ4v) is 4.73. The van der Waals surface area contributed by atoms with E-state index in [0.29, 0.717) is 12.8 Å². The number of Topliss-reactive ketones (excluding diaryl/α,β-unsaturated/α-hetero) is 1. The number of rotatable bonds is 5. The molecule has 0 heterocycles. The zero-order valence-corrected chi connectivity index (χ0v) is 19.1. The summed E-state index contributed by atoms with van der Waals surface area (Å²) in [5.74, 6) is 3.25. The van der Waals surface area contributed by atoms with Crippen molar-refractivity contribution in [2.75, 3.05) is 0 Å². The molecule has 0 amide bonds. The molecule has 1 saturated carbocycles. The van der Waals surface area contributed by atoms with Gasteiger partial charge in [-0.05, 0) is 24.2 Å². The fourth-order valence-electron chi connectivity index (χ4n) is 2.74. The van der Waals surface area contributed by atoms with Gasteiger partial charge in [-0.25, -0.2) is 0 Å². The molecule has 3 nitrogen and oxygen atoms in total. The third kappa shape index (κ3) is 6.36. The molecule has 0 aromatic carbocycles. The Morgan fingerprint density at radius 1 is 1.20 bits per heavy atom. The number of carbonyl (C=O) groups is 2. The highest BCUT2D eigenvalue weighted by atomic mass is 28.4. The van der Waals surface area contributed by atoms with Crippen molar-refractivity contribution in [2.24, 2.45) is 11.8 Å². The van der Waals surface area contributed by atoms with Crippen molar-refractivity contribution >= 4 is 28.5 Å². The molecule has 1 fully saturated rings. The highest BCUT2D eigenvalue weighted by molar-refractivity contribution is 6.83. The Morgan fingerprint density at radius 2 is 1.80 bits per heavy atom. The Kier molecular flexibility index (Phi) is 7.20. The predicted molar refractivity (Wildman–Crippen MR) is 110 cm³/mol. The SMILES string of the molecule is CC(C)(C)[Si](C)(C)O[C@@H]1CC(=O)[C@H](CC#C[Si](C)(C)C)[C@H]1/C=C/C=O. The van der Waals surface area contributed by atoms with Gasteiger partial charge in [0.2, 0.25) is 0 Å². The maximum absolute atomic E-state index is 12.6. The Morgan fingerprint density at radius 3 is 2.28 bits per heavy atom. The zero-order valence-electron chi connectivity index (χ0n) is 17.1. The van der Waals surface area contributed by atoms with Crippen molar-refractivity contribution in [1.29, 1.82) is 0 Å². The van der Waals surface area contributed by atoms with Gasteiger partial charge in [-0.1, -0.05) is 46.5 Å². The summed E-state index contributed by atoms with van der Waals surface area (Å²) in [5, 5.41) is 0.0880. The summed E-state index contributed by atoms with van der Waals surface area (Å²) in [6.07, 6.45) is 4.99. The maximum Gasteiger partial charge on any atom is 0.192 e. The van der Waals surface area contributed by atoms with Gasteiger partial charge in [0, 0.05) is 24.7 Å². The van der Waals surface area contributed by atoms with E-state index in [-0.39, 0.29) is 28.8 Å². The van der Waals surface area contributed by atoms with Gasteiger partial charge in [0.1, 0.15) is 20.1 Å². The molecule has 25 heavy (non-hydrogen) atoms. The minimum Gasteiger partial charge on any atom is -0.413 e. The molecule has 0 radical (unpaired) electrons. The first-order chi connectivity index (χ1) is 11.3. The van der Waals surface area contributed by atoms with E-state index in [0.717, 1.165) is 6.29 Å². The molecule has 0 unspecified atom stereocenters. The highest BCUT2D eigenvalue weighted by Gasteiger charge is 2.46. The van der Waals surface area contributed by atoms with Crippen LogP contribution in [0.1, 0.15) is 33.6 Å². The fraction of sp³-hybridized carbons (Fsp3) is 0.700. The summed E-state index contributed by atoms with van der Waals surface area (Å²) in [7, 11) is -3.42. The van der Waals surface area contributed by atoms with Crippen LogP contribution in [0.5, 0.6) is 0 Å². The summed E-state index contributed by atoms with van der Waals surface area (Å²) in [4.78, 5) is 23.4. The zero-order chi connectivity index (χ0) is 19.5. The quantitative estimate of drug-likeness (QED) is 0.304. The third-order valence-corrected chi connectivity index (χ3v) is 10.6. The van der Waals surface area contributed by atoms with Crippen LogP contribution in [0.25, 0.3) is 0 Å². The Bertz CT molecular complexity index is 583. The molecule has 0 saturated heterocycles. The largest absolute Gasteiger partial charge is 0.413 e. The summed E-state index contributed by atoms with van der Waals surface area (Å²) in [6.45, 7) is 17.6. The molecule has 0 aromatic rings. The lowest BCUT2D eigenvalue weighted by molar-refractivity contribution is -0.121.